The second-order valence-electron chi connectivity index (χ2n) is 5.05. The Balaban J connectivity index is 2.05. The molecule has 2 N–H and O–H groups in total. The average Bonchev–Trinajstić information content (AvgIpc) is 2.89. The summed E-state index contributed by atoms with van der Waals surface area (Å²) >= 11 is 0. The van der Waals surface area contributed by atoms with Crippen molar-refractivity contribution in [2.45, 2.75) is 31.2 Å². The molecule has 2 heterocycles. The molecule has 0 aliphatic carbocycles. The molecule has 19 heavy (non-hydrogen) atoms. The molecule has 1 aromatic rings. The van der Waals surface area contributed by atoms with Crippen LogP contribution in [0.25, 0.3) is 0 Å². The van der Waals surface area contributed by atoms with Gasteiger partial charge in [-0.15, -0.1) is 0 Å². The first-order chi connectivity index (χ1) is 9.04. The molecule has 0 spiro atoms. The Morgan fingerprint density at radius 1 is 1.53 bits per heavy atom. The molecule has 1 fully saturated rings. The first-order valence-electron chi connectivity index (χ1n) is 6.75. The number of sulfonamides is 1. The minimum Gasteiger partial charge on any atom is -0.332 e. The van der Waals surface area contributed by atoms with Gasteiger partial charge in [-0.25, -0.2) is 13.4 Å². The summed E-state index contributed by atoms with van der Waals surface area (Å²) in [4.78, 5) is 6.92. The Bertz CT molecular complexity index is 506. The molecule has 2 rings (SSSR count). The van der Waals surface area contributed by atoms with Crippen LogP contribution in [-0.2, 0) is 16.4 Å². The monoisotopic (exact) mass is 286 g/mol. The van der Waals surface area contributed by atoms with E-state index in [0.29, 0.717) is 24.7 Å². The maximum atomic E-state index is 12.4. The van der Waals surface area contributed by atoms with Gasteiger partial charge in [-0.05, 0) is 31.8 Å². The predicted octanol–water partition coefficient (Wildman–Crippen LogP) is 0.592. The first kappa shape index (κ1) is 14.5. The Morgan fingerprint density at radius 3 is 2.89 bits per heavy atom. The van der Waals surface area contributed by atoms with Gasteiger partial charge in [0.05, 0.1) is 6.20 Å². The molecular formula is C12H22N4O2S. The van der Waals surface area contributed by atoms with Gasteiger partial charge in [0.15, 0.2) is 5.03 Å². The van der Waals surface area contributed by atoms with Crippen molar-refractivity contribution >= 4 is 10.0 Å². The highest BCUT2D eigenvalue weighted by Gasteiger charge is 2.26. The van der Waals surface area contributed by atoms with Gasteiger partial charge in [-0.1, -0.05) is 6.92 Å². The summed E-state index contributed by atoms with van der Waals surface area (Å²) in [6, 6.07) is 0. The number of hydrogen-bond acceptors (Lipinski definition) is 4. The average molecular weight is 286 g/mol. The standard InChI is InChI=1S/C12H22N4O2S/c1-3-11-14-8-12(15-11)19(17,18)16(2)9-10-5-4-6-13-7-10/h8,10,13H,3-7,9H2,1-2H3,(H,14,15). The van der Waals surface area contributed by atoms with Crippen molar-refractivity contribution in [1.29, 1.82) is 0 Å². The van der Waals surface area contributed by atoms with E-state index in [1.165, 1.54) is 10.5 Å². The van der Waals surface area contributed by atoms with E-state index < -0.39 is 10.0 Å². The van der Waals surface area contributed by atoms with Crippen LogP contribution in [0.3, 0.4) is 0 Å². The number of nitrogens with one attached hydrogen (secondary N) is 2. The van der Waals surface area contributed by atoms with Crippen LogP contribution in [0.1, 0.15) is 25.6 Å². The summed E-state index contributed by atoms with van der Waals surface area (Å²) in [5, 5.41) is 3.49. The van der Waals surface area contributed by atoms with Gasteiger partial charge in [0, 0.05) is 20.0 Å². The van der Waals surface area contributed by atoms with Crippen molar-refractivity contribution < 1.29 is 8.42 Å². The minimum atomic E-state index is -3.44. The zero-order valence-electron chi connectivity index (χ0n) is 11.5. The van der Waals surface area contributed by atoms with Crippen LogP contribution in [0.2, 0.25) is 0 Å². The van der Waals surface area contributed by atoms with Crippen LogP contribution >= 0.6 is 0 Å². The predicted molar refractivity (Wildman–Crippen MR) is 73.4 cm³/mol. The Labute approximate surface area is 114 Å². The van der Waals surface area contributed by atoms with Crippen molar-refractivity contribution in [1.82, 2.24) is 19.6 Å². The molecule has 6 nitrogen and oxygen atoms in total. The summed E-state index contributed by atoms with van der Waals surface area (Å²) in [5.41, 5.74) is 0. The van der Waals surface area contributed by atoms with Crippen LogP contribution < -0.4 is 5.32 Å². The zero-order chi connectivity index (χ0) is 13.9. The van der Waals surface area contributed by atoms with E-state index in [0.717, 1.165) is 25.9 Å². The van der Waals surface area contributed by atoms with E-state index in [1.54, 1.807) is 7.05 Å². The van der Waals surface area contributed by atoms with Crippen LogP contribution in [0, 0.1) is 5.92 Å². The minimum absolute atomic E-state index is 0.190. The normalized spacial score (nSPS) is 20.9. The molecule has 1 unspecified atom stereocenters. The highest BCUT2D eigenvalue weighted by Crippen LogP contribution is 2.17. The molecule has 1 aliphatic rings. The third kappa shape index (κ3) is 3.34. The summed E-state index contributed by atoms with van der Waals surface area (Å²) in [5.74, 6) is 1.09. The van der Waals surface area contributed by atoms with E-state index in [1.807, 2.05) is 6.92 Å². The first-order valence-corrected chi connectivity index (χ1v) is 8.19. The van der Waals surface area contributed by atoms with Crippen LogP contribution in [0.15, 0.2) is 11.2 Å². The fourth-order valence-electron chi connectivity index (χ4n) is 2.36. The molecule has 1 atom stereocenters. The highest BCUT2D eigenvalue weighted by molar-refractivity contribution is 7.89. The summed E-state index contributed by atoms with van der Waals surface area (Å²) in [6.07, 6.45) is 4.30. The van der Waals surface area contributed by atoms with Gasteiger partial charge in [0.2, 0.25) is 0 Å². The van der Waals surface area contributed by atoms with Crippen LogP contribution in [0.5, 0.6) is 0 Å². The number of aromatic nitrogens is 2. The van der Waals surface area contributed by atoms with E-state index in [-0.39, 0.29) is 5.03 Å². The Morgan fingerprint density at radius 2 is 2.32 bits per heavy atom. The molecule has 0 aromatic carbocycles. The fourth-order valence-corrected chi connectivity index (χ4v) is 3.54. The Hall–Kier alpha value is -0.920. The van der Waals surface area contributed by atoms with E-state index in [9.17, 15) is 8.42 Å². The van der Waals surface area contributed by atoms with Crippen molar-refractivity contribution in [2.24, 2.45) is 5.92 Å². The maximum absolute atomic E-state index is 12.4. The second kappa shape index (κ2) is 6.02. The number of nitrogens with zero attached hydrogens (tertiary/aromatic N) is 2. The number of H-pyrrole nitrogens is 1. The molecule has 1 aliphatic heterocycles. The molecular weight excluding hydrogens is 264 g/mol. The highest BCUT2D eigenvalue weighted by atomic mass is 32.2. The molecule has 0 amide bonds. The molecule has 108 valence electrons. The lowest BCUT2D eigenvalue weighted by atomic mass is 10.00. The van der Waals surface area contributed by atoms with Crippen LogP contribution in [-0.4, -0.2) is 49.4 Å². The van der Waals surface area contributed by atoms with Gasteiger partial charge in [-0.3, -0.25) is 0 Å². The number of hydrogen-bond donors (Lipinski definition) is 2. The topological polar surface area (TPSA) is 78.1 Å². The number of aromatic amines is 1. The molecule has 0 radical (unpaired) electrons. The van der Waals surface area contributed by atoms with Crippen molar-refractivity contribution in [3.63, 3.8) is 0 Å². The van der Waals surface area contributed by atoms with Gasteiger partial charge >= 0.3 is 0 Å². The lowest BCUT2D eigenvalue weighted by Crippen LogP contribution is -2.39. The quantitative estimate of drug-likeness (QED) is 0.830. The Kier molecular flexibility index (Phi) is 4.59. The maximum Gasteiger partial charge on any atom is 0.259 e. The molecule has 7 heteroatoms. The summed E-state index contributed by atoms with van der Waals surface area (Å²) in [7, 11) is -1.80. The summed E-state index contributed by atoms with van der Waals surface area (Å²) in [6.45, 7) is 4.42. The second-order valence-corrected chi connectivity index (χ2v) is 7.06. The van der Waals surface area contributed by atoms with Crippen LogP contribution in [0.4, 0.5) is 0 Å². The van der Waals surface area contributed by atoms with Crippen molar-refractivity contribution in [2.75, 3.05) is 26.7 Å². The third-order valence-corrected chi connectivity index (χ3v) is 5.28. The summed E-state index contributed by atoms with van der Waals surface area (Å²) < 4.78 is 26.2. The van der Waals surface area contributed by atoms with Crippen molar-refractivity contribution in [3.05, 3.63) is 12.0 Å². The van der Waals surface area contributed by atoms with E-state index >= 15 is 0 Å². The SMILES string of the molecule is CCc1ncc(S(=O)(=O)N(C)CC2CCCNC2)[nH]1. The van der Waals surface area contributed by atoms with E-state index in [2.05, 4.69) is 15.3 Å². The zero-order valence-corrected chi connectivity index (χ0v) is 12.3. The van der Waals surface area contributed by atoms with Crippen molar-refractivity contribution in [3.8, 4) is 0 Å². The lowest BCUT2D eigenvalue weighted by Gasteiger charge is -2.26. The molecule has 1 aromatic heterocycles. The molecule has 0 saturated carbocycles. The molecule has 1 saturated heterocycles. The largest absolute Gasteiger partial charge is 0.332 e. The van der Waals surface area contributed by atoms with E-state index in [4.69, 9.17) is 0 Å². The lowest BCUT2D eigenvalue weighted by molar-refractivity contribution is 0.314. The third-order valence-electron chi connectivity index (χ3n) is 3.54. The number of piperidine rings is 1. The van der Waals surface area contributed by atoms with Gasteiger partial charge < -0.3 is 10.3 Å². The van der Waals surface area contributed by atoms with Gasteiger partial charge in [0.1, 0.15) is 5.82 Å². The number of aryl methyl sites for hydroxylation is 1. The number of rotatable bonds is 5. The number of imidazole rings is 1. The smallest absolute Gasteiger partial charge is 0.259 e. The van der Waals surface area contributed by atoms with Gasteiger partial charge in [0.25, 0.3) is 10.0 Å². The van der Waals surface area contributed by atoms with Gasteiger partial charge in [-0.2, -0.15) is 4.31 Å². The molecule has 0 bridgehead atoms. The fraction of sp³-hybridized carbons (Fsp3) is 0.750.